The lowest BCUT2D eigenvalue weighted by atomic mass is 10.1. The average Bonchev–Trinajstić information content (AvgIpc) is 2.32. The summed E-state index contributed by atoms with van der Waals surface area (Å²) in [7, 11) is 0. The summed E-state index contributed by atoms with van der Waals surface area (Å²) in [6.07, 6.45) is 5.44. The number of halogens is 2. The van der Waals surface area contributed by atoms with Gasteiger partial charge in [-0.2, -0.15) is 0 Å². The van der Waals surface area contributed by atoms with Crippen LogP contribution in [-0.4, -0.2) is 4.98 Å². The molecular weight excluding hydrogens is 241 g/mol. The van der Waals surface area contributed by atoms with Crippen LogP contribution >= 0.6 is 23.2 Å². The number of pyridine rings is 1. The number of hydrogen-bond donors (Lipinski definition) is 0. The van der Waals surface area contributed by atoms with Crippen LogP contribution in [0, 0.1) is 0 Å². The van der Waals surface area contributed by atoms with Crippen LogP contribution in [0.3, 0.4) is 0 Å². The quantitative estimate of drug-likeness (QED) is 0.798. The fourth-order valence-electron chi connectivity index (χ4n) is 1.57. The molecule has 0 amide bonds. The van der Waals surface area contributed by atoms with E-state index in [1.54, 1.807) is 18.5 Å². The Bertz CT molecular complexity index is 469. The first kappa shape index (κ1) is 11.4. The van der Waals surface area contributed by atoms with Gasteiger partial charge in [0.05, 0.1) is 10.0 Å². The largest absolute Gasteiger partial charge is 0.265 e. The Morgan fingerprint density at radius 2 is 1.69 bits per heavy atom. The zero-order valence-corrected chi connectivity index (χ0v) is 10.2. The number of rotatable bonds is 3. The van der Waals surface area contributed by atoms with Gasteiger partial charge in [-0.15, -0.1) is 0 Å². The van der Waals surface area contributed by atoms with Gasteiger partial charge in [-0.1, -0.05) is 35.3 Å². The van der Waals surface area contributed by atoms with Crippen LogP contribution in [0.1, 0.15) is 11.1 Å². The van der Waals surface area contributed by atoms with Gasteiger partial charge in [0.15, 0.2) is 0 Å². The van der Waals surface area contributed by atoms with Gasteiger partial charge in [0.25, 0.3) is 0 Å². The van der Waals surface area contributed by atoms with E-state index in [0.29, 0.717) is 10.0 Å². The molecule has 1 aromatic heterocycles. The van der Waals surface area contributed by atoms with Gasteiger partial charge in [-0.05, 0) is 42.2 Å². The molecule has 3 heteroatoms. The van der Waals surface area contributed by atoms with Gasteiger partial charge in [-0.3, -0.25) is 4.98 Å². The predicted octanol–water partition coefficient (Wildman–Crippen LogP) is 4.17. The molecule has 0 radical (unpaired) electrons. The molecule has 0 atom stereocenters. The van der Waals surface area contributed by atoms with E-state index in [4.69, 9.17) is 23.2 Å². The molecule has 0 bridgehead atoms. The average molecular weight is 252 g/mol. The first-order chi connectivity index (χ1) is 7.77. The molecule has 0 N–H and O–H groups in total. The number of aromatic nitrogens is 1. The van der Waals surface area contributed by atoms with Crippen LogP contribution in [-0.2, 0) is 12.8 Å². The maximum Gasteiger partial charge on any atom is 0.0624 e. The van der Waals surface area contributed by atoms with E-state index in [2.05, 4.69) is 4.98 Å². The summed E-state index contributed by atoms with van der Waals surface area (Å²) >= 11 is 12.1. The highest BCUT2D eigenvalue weighted by molar-refractivity contribution is 6.42. The summed E-state index contributed by atoms with van der Waals surface area (Å²) in [5, 5.41) is 1.28. The molecule has 0 saturated heterocycles. The van der Waals surface area contributed by atoms with Crippen LogP contribution in [0.15, 0.2) is 42.7 Å². The van der Waals surface area contributed by atoms with Crippen molar-refractivity contribution in [3.05, 3.63) is 63.9 Å². The summed E-state index contributed by atoms with van der Waals surface area (Å²) in [5.41, 5.74) is 2.34. The van der Waals surface area contributed by atoms with E-state index in [-0.39, 0.29) is 0 Å². The number of aryl methyl sites for hydroxylation is 2. The van der Waals surface area contributed by atoms with Gasteiger partial charge in [0.2, 0.25) is 0 Å². The lowest BCUT2D eigenvalue weighted by Gasteiger charge is -2.05. The maximum absolute atomic E-state index is 6.12. The van der Waals surface area contributed by atoms with Crippen molar-refractivity contribution in [2.45, 2.75) is 12.8 Å². The van der Waals surface area contributed by atoms with Crippen molar-refractivity contribution in [1.29, 1.82) is 0 Å². The fraction of sp³-hybridized carbons (Fsp3) is 0.154. The highest BCUT2D eigenvalue weighted by atomic mass is 35.5. The highest BCUT2D eigenvalue weighted by Gasteiger charge is 2.04. The third kappa shape index (κ3) is 2.75. The van der Waals surface area contributed by atoms with Gasteiger partial charge >= 0.3 is 0 Å². The van der Waals surface area contributed by atoms with Gasteiger partial charge in [-0.25, -0.2) is 0 Å². The molecule has 1 heterocycles. The topological polar surface area (TPSA) is 12.9 Å². The second kappa shape index (κ2) is 5.33. The molecule has 1 nitrogen and oxygen atoms in total. The van der Waals surface area contributed by atoms with Crippen LogP contribution in [0.25, 0.3) is 0 Å². The lowest BCUT2D eigenvalue weighted by Crippen LogP contribution is -1.92. The standard InChI is InChI=1S/C13H11Cl2N/c14-12-3-1-2-11(13(12)15)5-4-10-6-8-16-9-7-10/h1-3,6-9H,4-5H2. The zero-order chi connectivity index (χ0) is 11.4. The maximum atomic E-state index is 6.12. The Morgan fingerprint density at radius 3 is 2.44 bits per heavy atom. The molecule has 2 aromatic rings. The molecule has 0 aliphatic carbocycles. The molecule has 0 spiro atoms. The minimum absolute atomic E-state index is 0.619. The summed E-state index contributed by atoms with van der Waals surface area (Å²) in [5.74, 6) is 0. The van der Waals surface area contributed by atoms with E-state index >= 15 is 0 Å². The molecule has 0 fully saturated rings. The van der Waals surface area contributed by atoms with E-state index in [0.717, 1.165) is 18.4 Å². The molecular formula is C13H11Cl2N. The summed E-state index contributed by atoms with van der Waals surface area (Å²) in [6.45, 7) is 0. The molecule has 0 aliphatic heterocycles. The van der Waals surface area contributed by atoms with E-state index in [1.165, 1.54) is 5.56 Å². The van der Waals surface area contributed by atoms with E-state index < -0.39 is 0 Å². The van der Waals surface area contributed by atoms with Crippen molar-refractivity contribution >= 4 is 23.2 Å². The van der Waals surface area contributed by atoms with Crippen molar-refractivity contribution in [3.8, 4) is 0 Å². The van der Waals surface area contributed by atoms with E-state index in [9.17, 15) is 0 Å². The Kier molecular flexibility index (Phi) is 3.81. The van der Waals surface area contributed by atoms with Crippen LogP contribution in [0.4, 0.5) is 0 Å². The highest BCUT2D eigenvalue weighted by Crippen LogP contribution is 2.26. The first-order valence-electron chi connectivity index (χ1n) is 5.09. The first-order valence-corrected chi connectivity index (χ1v) is 5.85. The molecule has 82 valence electrons. The van der Waals surface area contributed by atoms with Crippen LogP contribution in [0.2, 0.25) is 10.0 Å². The number of benzene rings is 1. The molecule has 0 unspecified atom stereocenters. The van der Waals surface area contributed by atoms with Crippen molar-refractivity contribution in [1.82, 2.24) is 4.98 Å². The summed E-state index contributed by atoms with van der Waals surface area (Å²) in [4.78, 5) is 3.98. The SMILES string of the molecule is Clc1cccc(CCc2ccncc2)c1Cl. The Morgan fingerprint density at radius 1 is 0.938 bits per heavy atom. The second-order valence-corrected chi connectivity index (χ2v) is 4.35. The van der Waals surface area contributed by atoms with Gasteiger partial charge < -0.3 is 0 Å². The summed E-state index contributed by atoms with van der Waals surface area (Å²) < 4.78 is 0. The molecule has 1 aromatic carbocycles. The molecule has 0 saturated carbocycles. The number of hydrogen-bond acceptors (Lipinski definition) is 1. The summed E-state index contributed by atoms with van der Waals surface area (Å²) in [6, 6.07) is 9.77. The van der Waals surface area contributed by atoms with Crippen LogP contribution in [0.5, 0.6) is 0 Å². The Balaban J connectivity index is 2.08. The monoisotopic (exact) mass is 251 g/mol. The fourth-order valence-corrected chi connectivity index (χ4v) is 1.98. The van der Waals surface area contributed by atoms with Crippen molar-refractivity contribution in [3.63, 3.8) is 0 Å². The third-order valence-corrected chi connectivity index (χ3v) is 3.32. The lowest BCUT2D eigenvalue weighted by molar-refractivity contribution is 0.956. The van der Waals surface area contributed by atoms with Crippen molar-refractivity contribution in [2.24, 2.45) is 0 Å². The minimum Gasteiger partial charge on any atom is -0.265 e. The zero-order valence-electron chi connectivity index (χ0n) is 8.66. The number of nitrogens with zero attached hydrogens (tertiary/aromatic N) is 1. The Hall–Kier alpha value is -1.05. The Labute approximate surface area is 105 Å². The van der Waals surface area contributed by atoms with Gasteiger partial charge in [0, 0.05) is 12.4 Å². The van der Waals surface area contributed by atoms with Crippen molar-refractivity contribution < 1.29 is 0 Å². The second-order valence-electron chi connectivity index (χ2n) is 3.57. The smallest absolute Gasteiger partial charge is 0.0624 e. The van der Waals surface area contributed by atoms with Crippen molar-refractivity contribution in [2.75, 3.05) is 0 Å². The predicted molar refractivity (Wildman–Crippen MR) is 68.1 cm³/mol. The van der Waals surface area contributed by atoms with Crippen LogP contribution < -0.4 is 0 Å². The molecule has 0 aliphatic rings. The molecule has 2 rings (SSSR count). The van der Waals surface area contributed by atoms with E-state index in [1.807, 2.05) is 24.3 Å². The third-order valence-electron chi connectivity index (χ3n) is 2.46. The molecule has 16 heavy (non-hydrogen) atoms. The normalized spacial score (nSPS) is 10.4. The van der Waals surface area contributed by atoms with Gasteiger partial charge in [0.1, 0.15) is 0 Å². The minimum atomic E-state index is 0.619.